The molecule has 0 aromatic rings. The van der Waals surface area contributed by atoms with Crippen LogP contribution in [-0.4, -0.2) is 0 Å². The molecule has 8 heavy (non-hydrogen) atoms. The summed E-state index contributed by atoms with van der Waals surface area (Å²) in [5, 5.41) is 0. The summed E-state index contributed by atoms with van der Waals surface area (Å²) in [7, 11) is 0. The molecule has 0 atom stereocenters. The van der Waals surface area contributed by atoms with Crippen LogP contribution in [0.25, 0.3) is 0 Å². The summed E-state index contributed by atoms with van der Waals surface area (Å²) in [4.78, 5) is 0. The van der Waals surface area contributed by atoms with Crippen LogP contribution in [0.5, 0.6) is 0 Å². The lowest BCUT2D eigenvalue weighted by Gasteiger charge is -2.07. The maximum absolute atomic E-state index is 2.48. The Hall–Kier alpha value is 0. The summed E-state index contributed by atoms with van der Waals surface area (Å²) >= 11 is 0. The molecular formula is C8H15. The fourth-order valence-corrected chi connectivity index (χ4v) is 1.30. The van der Waals surface area contributed by atoms with Crippen LogP contribution in [-0.2, 0) is 0 Å². The van der Waals surface area contributed by atoms with Gasteiger partial charge in [0, 0.05) is 0 Å². The first kappa shape index (κ1) is 6.12. The van der Waals surface area contributed by atoms with E-state index in [4.69, 9.17) is 0 Å². The van der Waals surface area contributed by atoms with Crippen LogP contribution in [0.3, 0.4) is 0 Å². The maximum atomic E-state index is 2.48. The molecule has 0 unspecified atom stereocenters. The van der Waals surface area contributed by atoms with Gasteiger partial charge in [0.2, 0.25) is 0 Å². The van der Waals surface area contributed by atoms with Crippen LogP contribution in [0.15, 0.2) is 0 Å². The van der Waals surface area contributed by atoms with Gasteiger partial charge in [0.15, 0.2) is 0 Å². The summed E-state index contributed by atoms with van der Waals surface area (Å²) < 4.78 is 0. The number of hydrogen-bond acceptors (Lipinski definition) is 0. The molecule has 0 N–H and O–H groups in total. The van der Waals surface area contributed by atoms with E-state index in [1.165, 1.54) is 25.7 Å². The predicted octanol–water partition coefficient (Wildman–Crippen LogP) is 2.79. The van der Waals surface area contributed by atoms with E-state index in [9.17, 15) is 0 Å². The maximum Gasteiger partial charge on any atom is -0.0269 e. The molecule has 0 heteroatoms. The standard InChI is InChI=1S/C8H15/c1-3-5-8(4-2)6-7-8/h5H,3-4,6-7H2,1-2H3. The second-order valence-corrected chi connectivity index (χ2v) is 2.83. The first-order chi connectivity index (χ1) is 3.83. The second kappa shape index (κ2) is 2.08. The van der Waals surface area contributed by atoms with Crippen LogP contribution in [0.4, 0.5) is 0 Å². The average molecular weight is 111 g/mol. The Morgan fingerprint density at radius 1 is 1.38 bits per heavy atom. The normalized spacial score (nSPS) is 23.2. The fourth-order valence-electron chi connectivity index (χ4n) is 1.30. The Bertz CT molecular complexity index is 70.1. The molecule has 0 saturated heterocycles. The Morgan fingerprint density at radius 2 is 2.00 bits per heavy atom. The van der Waals surface area contributed by atoms with Gasteiger partial charge in [-0.25, -0.2) is 0 Å². The molecule has 0 aromatic carbocycles. The second-order valence-electron chi connectivity index (χ2n) is 2.83. The summed E-state index contributed by atoms with van der Waals surface area (Å²) in [5.74, 6) is 0. The SMILES string of the molecule is CC[CH]C1(CC)CC1. The third-order valence-electron chi connectivity index (χ3n) is 2.23. The van der Waals surface area contributed by atoms with Crippen LogP contribution in [0.1, 0.15) is 39.5 Å². The van der Waals surface area contributed by atoms with Gasteiger partial charge in [-0.2, -0.15) is 0 Å². The predicted molar refractivity (Wildman–Crippen MR) is 36.5 cm³/mol. The number of hydrogen-bond donors (Lipinski definition) is 0. The lowest BCUT2D eigenvalue weighted by atomic mass is 9.98. The summed E-state index contributed by atoms with van der Waals surface area (Å²) in [6, 6.07) is 0. The van der Waals surface area contributed by atoms with Gasteiger partial charge >= 0.3 is 0 Å². The van der Waals surface area contributed by atoms with Gasteiger partial charge in [0.1, 0.15) is 0 Å². The van der Waals surface area contributed by atoms with E-state index in [1.54, 1.807) is 0 Å². The Morgan fingerprint density at radius 3 is 2.12 bits per heavy atom. The zero-order chi connectivity index (χ0) is 6.04. The number of rotatable bonds is 3. The topological polar surface area (TPSA) is 0 Å². The zero-order valence-electron chi connectivity index (χ0n) is 5.91. The molecule has 1 radical (unpaired) electrons. The molecule has 0 aliphatic heterocycles. The molecule has 1 aliphatic carbocycles. The molecule has 1 saturated carbocycles. The van der Waals surface area contributed by atoms with Crippen molar-refractivity contribution in [2.75, 3.05) is 0 Å². The molecular weight excluding hydrogens is 96.1 g/mol. The van der Waals surface area contributed by atoms with Crippen molar-refractivity contribution in [3.8, 4) is 0 Å². The van der Waals surface area contributed by atoms with Crippen molar-refractivity contribution >= 4 is 0 Å². The third kappa shape index (κ3) is 1.04. The molecule has 1 aliphatic rings. The highest BCUT2D eigenvalue weighted by molar-refractivity contribution is 5.01. The van der Waals surface area contributed by atoms with Gasteiger partial charge < -0.3 is 0 Å². The van der Waals surface area contributed by atoms with E-state index in [0.717, 1.165) is 5.41 Å². The van der Waals surface area contributed by atoms with Crippen molar-refractivity contribution < 1.29 is 0 Å². The van der Waals surface area contributed by atoms with E-state index in [2.05, 4.69) is 20.3 Å². The van der Waals surface area contributed by atoms with Gasteiger partial charge in [-0.1, -0.05) is 26.7 Å². The minimum Gasteiger partial charge on any atom is -0.0651 e. The Kier molecular flexibility index (Phi) is 1.59. The monoisotopic (exact) mass is 111 g/mol. The molecule has 0 nitrogen and oxygen atoms in total. The molecule has 0 bridgehead atoms. The van der Waals surface area contributed by atoms with Crippen LogP contribution in [0, 0.1) is 11.8 Å². The van der Waals surface area contributed by atoms with Crippen molar-refractivity contribution in [3.63, 3.8) is 0 Å². The third-order valence-corrected chi connectivity index (χ3v) is 2.23. The molecule has 1 rings (SSSR count). The minimum absolute atomic E-state index is 0.717. The van der Waals surface area contributed by atoms with E-state index >= 15 is 0 Å². The van der Waals surface area contributed by atoms with Crippen molar-refractivity contribution in [1.29, 1.82) is 0 Å². The van der Waals surface area contributed by atoms with Gasteiger partial charge in [0.25, 0.3) is 0 Å². The van der Waals surface area contributed by atoms with Gasteiger partial charge in [-0.15, -0.1) is 0 Å². The highest BCUT2D eigenvalue weighted by Gasteiger charge is 2.39. The summed E-state index contributed by atoms with van der Waals surface area (Å²) in [5.41, 5.74) is 0.717. The summed E-state index contributed by atoms with van der Waals surface area (Å²) in [6.45, 7) is 4.52. The molecule has 0 aromatic heterocycles. The zero-order valence-corrected chi connectivity index (χ0v) is 5.91. The summed E-state index contributed by atoms with van der Waals surface area (Å²) in [6.07, 6.45) is 8.01. The quantitative estimate of drug-likeness (QED) is 0.525. The van der Waals surface area contributed by atoms with Crippen LogP contribution in [0.2, 0.25) is 0 Å². The van der Waals surface area contributed by atoms with Crippen LogP contribution >= 0.6 is 0 Å². The molecule has 0 amide bonds. The molecule has 1 fully saturated rings. The largest absolute Gasteiger partial charge is 0.0651 e. The van der Waals surface area contributed by atoms with E-state index in [0.29, 0.717) is 0 Å². The van der Waals surface area contributed by atoms with E-state index in [1.807, 2.05) is 0 Å². The Labute approximate surface area is 52.3 Å². The van der Waals surface area contributed by atoms with Gasteiger partial charge in [0.05, 0.1) is 0 Å². The first-order valence-corrected chi connectivity index (χ1v) is 3.67. The van der Waals surface area contributed by atoms with E-state index < -0.39 is 0 Å². The van der Waals surface area contributed by atoms with E-state index in [-0.39, 0.29) is 0 Å². The lowest BCUT2D eigenvalue weighted by Crippen LogP contribution is -1.96. The smallest absolute Gasteiger partial charge is 0.0269 e. The molecule has 47 valence electrons. The first-order valence-electron chi connectivity index (χ1n) is 3.67. The van der Waals surface area contributed by atoms with Crippen molar-refractivity contribution in [2.45, 2.75) is 39.5 Å². The Balaban J connectivity index is 2.20. The van der Waals surface area contributed by atoms with Crippen molar-refractivity contribution in [3.05, 3.63) is 6.42 Å². The van der Waals surface area contributed by atoms with Gasteiger partial charge in [-0.05, 0) is 24.7 Å². The fraction of sp³-hybridized carbons (Fsp3) is 0.875. The molecule has 0 spiro atoms. The lowest BCUT2D eigenvalue weighted by molar-refractivity contribution is 0.556. The minimum atomic E-state index is 0.717. The van der Waals surface area contributed by atoms with Gasteiger partial charge in [-0.3, -0.25) is 0 Å². The molecule has 0 heterocycles. The average Bonchev–Trinajstić information content (AvgIpc) is 2.50. The highest BCUT2D eigenvalue weighted by atomic mass is 14.4. The highest BCUT2D eigenvalue weighted by Crippen LogP contribution is 2.51. The van der Waals surface area contributed by atoms with Crippen molar-refractivity contribution in [2.24, 2.45) is 5.41 Å². The van der Waals surface area contributed by atoms with Crippen molar-refractivity contribution in [1.82, 2.24) is 0 Å². The van der Waals surface area contributed by atoms with Crippen LogP contribution < -0.4 is 0 Å².